The Kier molecular flexibility index (Phi) is 5.52. The molecule has 4 rings (SSSR count). The van der Waals surface area contributed by atoms with Crippen LogP contribution in [-0.4, -0.2) is 25.0 Å². The number of hydrogen-bond acceptors (Lipinski definition) is 4. The van der Waals surface area contributed by atoms with Crippen LogP contribution in [0.25, 0.3) is 0 Å². The molecule has 0 spiro atoms. The average molecular weight is 417 g/mol. The maximum Gasteiger partial charge on any atom is 0.326 e. The summed E-state index contributed by atoms with van der Waals surface area (Å²) in [5, 5.41) is 8.82. The van der Waals surface area contributed by atoms with Crippen LogP contribution in [0.1, 0.15) is 21.4 Å². The molecule has 1 aliphatic heterocycles. The number of imide groups is 1. The second-order valence-corrected chi connectivity index (χ2v) is 8.54. The molecule has 0 bridgehead atoms. The largest absolute Gasteiger partial charge is 0.326 e. The van der Waals surface area contributed by atoms with Crippen molar-refractivity contribution in [1.82, 2.24) is 5.32 Å². The van der Waals surface area contributed by atoms with Crippen LogP contribution in [0.3, 0.4) is 0 Å². The first-order chi connectivity index (χ1) is 13.6. The van der Waals surface area contributed by atoms with Gasteiger partial charge in [0.25, 0.3) is 5.91 Å². The van der Waals surface area contributed by atoms with E-state index in [-0.39, 0.29) is 24.2 Å². The molecular weight excluding hydrogens is 397 g/mol. The molecule has 1 aliphatic rings. The standard InChI is InChI=1S/C20H18FN3O2S2/c21-14-4-1-2-5-15(14)22-20(26)23-18(25)12-24-9-7-16-13(8-11-28-16)19(24)17-6-3-10-27-17/h1-6,8,10-11,19H,7,9,12H2,(H2,22,23,25,26)/p+1/t19-/m0/s1. The van der Waals surface area contributed by atoms with Gasteiger partial charge in [0.05, 0.1) is 17.1 Å². The zero-order valence-corrected chi connectivity index (χ0v) is 16.5. The minimum atomic E-state index is -0.726. The first-order valence-corrected chi connectivity index (χ1v) is 10.7. The molecule has 3 N–H and O–H groups in total. The molecule has 2 atom stereocenters. The number of anilines is 1. The molecular formula is C20H19FN3O2S2+. The Balaban J connectivity index is 1.43. The Morgan fingerprint density at radius 1 is 1.11 bits per heavy atom. The van der Waals surface area contributed by atoms with Gasteiger partial charge in [-0.05, 0) is 35.0 Å². The van der Waals surface area contributed by atoms with Gasteiger partial charge in [-0.3, -0.25) is 10.1 Å². The fourth-order valence-electron chi connectivity index (χ4n) is 3.54. The Morgan fingerprint density at radius 2 is 1.96 bits per heavy atom. The number of carbonyl (C=O) groups excluding carboxylic acids is 2. The average Bonchev–Trinajstić information content (AvgIpc) is 3.35. The van der Waals surface area contributed by atoms with Gasteiger partial charge in [0.1, 0.15) is 11.9 Å². The van der Waals surface area contributed by atoms with Crippen LogP contribution in [0.2, 0.25) is 0 Å². The number of thiophene rings is 2. The van der Waals surface area contributed by atoms with Crippen molar-refractivity contribution in [2.45, 2.75) is 12.5 Å². The molecule has 28 heavy (non-hydrogen) atoms. The maximum atomic E-state index is 13.6. The van der Waals surface area contributed by atoms with Gasteiger partial charge in [-0.1, -0.05) is 18.2 Å². The number of urea groups is 1. The number of rotatable bonds is 4. The quantitative estimate of drug-likeness (QED) is 0.613. The molecule has 3 amide bonds. The summed E-state index contributed by atoms with van der Waals surface area (Å²) in [6, 6.07) is 11.4. The van der Waals surface area contributed by atoms with Gasteiger partial charge in [0, 0.05) is 16.9 Å². The predicted octanol–water partition coefficient (Wildman–Crippen LogP) is 2.83. The van der Waals surface area contributed by atoms with Gasteiger partial charge in [-0.15, -0.1) is 22.7 Å². The van der Waals surface area contributed by atoms with E-state index < -0.39 is 11.8 Å². The summed E-state index contributed by atoms with van der Waals surface area (Å²) in [7, 11) is 0. The van der Waals surface area contributed by atoms with E-state index in [0.717, 1.165) is 17.9 Å². The number of benzene rings is 1. The Bertz CT molecular complexity index is 987. The van der Waals surface area contributed by atoms with Crippen LogP contribution in [0, 0.1) is 5.82 Å². The second-order valence-electron chi connectivity index (χ2n) is 6.56. The smallest absolute Gasteiger partial charge is 0.316 e. The topological polar surface area (TPSA) is 62.6 Å². The summed E-state index contributed by atoms with van der Waals surface area (Å²) in [5.41, 5.74) is 1.30. The van der Waals surface area contributed by atoms with Gasteiger partial charge in [-0.25, -0.2) is 9.18 Å². The molecule has 1 aromatic carbocycles. The van der Waals surface area contributed by atoms with Crippen molar-refractivity contribution in [2.24, 2.45) is 0 Å². The lowest BCUT2D eigenvalue weighted by Crippen LogP contribution is -3.14. The van der Waals surface area contributed by atoms with Crippen LogP contribution in [0.4, 0.5) is 14.9 Å². The highest BCUT2D eigenvalue weighted by Gasteiger charge is 2.35. The van der Waals surface area contributed by atoms with Crippen molar-refractivity contribution >= 4 is 40.3 Å². The molecule has 3 heterocycles. The zero-order valence-electron chi connectivity index (χ0n) is 14.9. The predicted molar refractivity (Wildman–Crippen MR) is 108 cm³/mol. The first-order valence-electron chi connectivity index (χ1n) is 8.91. The van der Waals surface area contributed by atoms with Crippen molar-refractivity contribution in [2.75, 3.05) is 18.4 Å². The molecule has 0 aliphatic carbocycles. The lowest BCUT2D eigenvalue weighted by Gasteiger charge is -2.31. The lowest BCUT2D eigenvalue weighted by molar-refractivity contribution is -0.919. The molecule has 0 saturated heterocycles. The third-order valence-electron chi connectivity index (χ3n) is 4.76. The van der Waals surface area contributed by atoms with E-state index in [9.17, 15) is 14.0 Å². The molecule has 0 saturated carbocycles. The van der Waals surface area contributed by atoms with Crippen molar-refractivity contribution < 1.29 is 18.9 Å². The summed E-state index contributed by atoms with van der Waals surface area (Å²) >= 11 is 3.43. The minimum absolute atomic E-state index is 0.0393. The summed E-state index contributed by atoms with van der Waals surface area (Å²) in [5.74, 6) is -0.932. The SMILES string of the molecule is O=C(C[NH+]1CCc2sccc2[C@H]1c1cccs1)NC(=O)Nc1ccccc1F. The van der Waals surface area contributed by atoms with Crippen LogP contribution in [0.5, 0.6) is 0 Å². The molecule has 8 heteroatoms. The Labute approximate surface area is 169 Å². The minimum Gasteiger partial charge on any atom is -0.316 e. The normalized spacial score (nSPS) is 18.3. The van der Waals surface area contributed by atoms with E-state index in [1.54, 1.807) is 28.7 Å². The zero-order chi connectivity index (χ0) is 19.5. The molecule has 3 aromatic rings. The molecule has 144 valence electrons. The van der Waals surface area contributed by atoms with Crippen LogP contribution in [-0.2, 0) is 11.2 Å². The van der Waals surface area contributed by atoms with Crippen molar-refractivity contribution in [3.05, 3.63) is 74.4 Å². The van der Waals surface area contributed by atoms with Gasteiger partial charge in [0.15, 0.2) is 6.54 Å². The fraction of sp³-hybridized carbons (Fsp3) is 0.200. The third-order valence-corrected chi connectivity index (χ3v) is 6.70. The van der Waals surface area contributed by atoms with Gasteiger partial charge >= 0.3 is 6.03 Å². The highest BCUT2D eigenvalue weighted by atomic mass is 32.1. The van der Waals surface area contributed by atoms with Crippen molar-refractivity contribution in [3.8, 4) is 0 Å². The van der Waals surface area contributed by atoms with Gasteiger partial charge < -0.3 is 10.2 Å². The van der Waals surface area contributed by atoms with Crippen LogP contribution < -0.4 is 15.5 Å². The number of para-hydroxylation sites is 1. The van der Waals surface area contributed by atoms with Crippen LogP contribution in [0.15, 0.2) is 53.2 Å². The molecule has 5 nitrogen and oxygen atoms in total. The second kappa shape index (κ2) is 8.22. The maximum absolute atomic E-state index is 13.6. The number of carbonyl (C=O) groups is 2. The van der Waals surface area contributed by atoms with E-state index in [1.807, 2.05) is 11.4 Å². The van der Waals surface area contributed by atoms with Gasteiger partial charge in [0.2, 0.25) is 0 Å². The van der Waals surface area contributed by atoms with Crippen LogP contribution >= 0.6 is 22.7 Å². The number of quaternary nitrogens is 1. The first kappa shape index (κ1) is 18.8. The van der Waals surface area contributed by atoms with E-state index in [2.05, 4.69) is 28.1 Å². The van der Waals surface area contributed by atoms with Crippen molar-refractivity contribution in [1.29, 1.82) is 0 Å². The summed E-state index contributed by atoms with van der Waals surface area (Å²) in [6.07, 6.45) is 0.916. The highest BCUT2D eigenvalue weighted by molar-refractivity contribution is 7.10. The lowest BCUT2D eigenvalue weighted by atomic mass is 9.98. The summed E-state index contributed by atoms with van der Waals surface area (Å²) < 4.78 is 13.6. The molecule has 2 aromatic heterocycles. The Hall–Kier alpha value is -2.55. The van der Waals surface area contributed by atoms with E-state index in [1.165, 1.54) is 33.5 Å². The molecule has 0 radical (unpaired) electrons. The molecule has 0 fully saturated rings. The number of hydrogen-bond donors (Lipinski definition) is 3. The number of amides is 3. The number of fused-ring (bicyclic) bond motifs is 1. The van der Waals surface area contributed by atoms with Gasteiger partial charge in [-0.2, -0.15) is 0 Å². The summed E-state index contributed by atoms with van der Waals surface area (Å²) in [4.78, 5) is 28.2. The van der Waals surface area contributed by atoms with E-state index in [4.69, 9.17) is 0 Å². The molecule has 1 unspecified atom stereocenters. The fourth-order valence-corrected chi connectivity index (χ4v) is 5.36. The highest BCUT2D eigenvalue weighted by Crippen LogP contribution is 2.31. The third kappa shape index (κ3) is 3.99. The number of halogens is 1. The monoisotopic (exact) mass is 416 g/mol. The Morgan fingerprint density at radius 3 is 2.75 bits per heavy atom. The number of nitrogens with one attached hydrogen (secondary N) is 3. The van der Waals surface area contributed by atoms with E-state index in [0.29, 0.717) is 0 Å². The van der Waals surface area contributed by atoms with E-state index >= 15 is 0 Å². The van der Waals surface area contributed by atoms with Crippen molar-refractivity contribution in [3.63, 3.8) is 0 Å². The summed E-state index contributed by atoms with van der Waals surface area (Å²) in [6.45, 7) is 0.987.